The lowest BCUT2D eigenvalue weighted by molar-refractivity contribution is 1.07. The van der Waals surface area contributed by atoms with Gasteiger partial charge in [0.2, 0.25) is 0 Å². The Morgan fingerprint density at radius 1 is 0.463 bits per heavy atom. The first-order chi connectivity index (χ1) is 26.8. The predicted molar refractivity (Wildman–Crippen MR) is 216 cm³/mol. The minimum absolute atomic E-state index is 0.723. The first-order valence-corrected chi connectivity index (χ1v) is 17.7. The van der Waals surface area contributed by atoms with Crippen LogP contribution in [0.15, 0.2) is 158 Å². The molecular formula is C46H30N8. The molecule has 8 nitrogen and oxygen atoms in total. The molecule has 0 unspecified atom stereocenters. The number of H-pyrrole nitrogens is 1. The van der Waals surface area contributed by atoms with Crippen molar-refractivity contribution in [3.63, 3.8) is 0 Å². The Hall–Kier alpha value is -7.58. The van der Waals surface area contributed by atoms with E-state index in [1.165, 1.54) is 0 Å². The molecule has 54 heavy (non-hydrogen) atoms. The Balaban J connectivity index is 1.54. The summed E-state index contributed by atoms with van der Waals surface area (Å²) in [6.45, 7) is 0. The molecule has 0 saturated carbocycles. The summed E-state index contributed by atoms with van der Waals surface area (Å²) in [5, 5.41) is 0. The van der Waals surface area contributed by atoms with E-state index in [2.05, 4.69) is 82.4 Å². The molecule has 2 aliphatic rings. The molecule has 8 bridgehead atoms. The number of hydrogen-bond acceptors (Lipinski definition) is 6. The molecule has 0 radical (unpaired) electrons. The Morgan fingerprint density at radius 2 is 1.06 bits per heavy atom. The maximum absolute atomic E-state index is 5.45. The number of benzene rings is 1. The molecule has 8 aromatic rings. The van der Waals surface area contributed by atoms with Gasteiger partial charge in [-0.2, -0.15) is 0 Å². The molecule has 1 N–H and O–H groups in total. The van der Waals surface area contributed by atoms with E-state index >= 15 is 0 Å². The highest BCUT2D eigenvalue weighted by Gasteiger charge is 2.29. The third-order valence-electron chi connectivity index (χ3n) is 9.50. The van der Waals surface area contributed by atoms with Gasteiger partial charge in [0.05, 0.1) is 56.5 Å². The summed E-state index contributed by atoms with van der Waals surface area (Å²) >= 11 is 0. The average Bonchev–Trinajstić information content (AvgIpc) is 4.03. The van der Waals surface area contributed by atoms with Crippen LogP contribution in [0.3, 0.4) is 0 Å². The van der Waals surface area contributed by atoms with Crippen molar-refractivity contribution in [2.24, 2.45) is 0 Å². The molecule has 2 aliphatic heterocycles. The summed E-state index contributed by atoms with van der Waals surface area (Å²) in [4.78, 5) is 34.0. The molecule has 1 aromatic carbocycles. The summed E-state index contributed by atoms with van der Waals surface area (Å²) in [5.74, 6) is 0.723. The molecular weight excluding hydrogens is 665 g/mol. The minimum atomic E-state index is 0.723. The van der Waals surface area contributed by atoms with Crippen molar-refractivity contribution in [2.45, 2.75) is 0 Å². The van der Waals surface area contributed by atoms with Crippen molar-refractivity contribution in [3.05, 3.63) is 187 Å². The zero-order chi connectivity index (χ0) is 35.8. The van der Waals surface area contributed by atoms with Gasteiger partial charge >= 0.3 is 0 Å². The molecule has 8 heteroatoms. The number of pyridine rings is 4. The van der Waals surface area contributed by atoms with Crippen LogP contribution in [0.25, 0.3) is 85.3 Å². The molecule has 0 spiro atoms. The smallest absolute Gasteiger partial charge is 0.137 e. The van der Waals surface area contributed by atoms with E-state index in [1.54, 1.807) is 0 Å². The first-order valence-electron chi connectivity index (χ1n) is 17.7. The van der Waals surface area contributed by atoms with E-state index in [0.717, 1.165) is 95.6 Å². The number of nitrogens with zero attached hydrogens (tertiary/aromatic N) is 7. The lowest BCUT2D eigenvalue weighted by Gasteiger charge is -2.13. The number of aromatic amines is 1. The number of hydrogen-bond donors (Lipinski definition) is 1. The average molecular weight is 695 g/mol. The van der Waals surface area contributed by atoms with Crippen LogP contribution in [0.5, 0.6) is 0 Å². The van der Waals surface area contributed by atoms with E-state index in [0.29, 0.717) is 0 Å². The molecule has 254 valence electrons. The van der Waals surface area contributed by atoms with Gasteiger partial charge in [0.1, 0.15) is 5.82 Å². The normalized spacial score (nSPS) is 12.1. The zero-order valence-electron chi connectivity index (χ0n) is 28.9. The Bertz CT molecular complexity index is 2900. The Labute approximate surface area is 310 Å². The van der Waals surface area contributed by atoms with Gasteiger partial charge in [0.15, 0.2) is 0 Å². The number of aromatic nitrogens is 8. The number of fused-ring (bicyclic) bond motifs is 8. The largest absolute Gasteiger partial charge is 0.355 e. The topological polar surface area (TPSA) is 98.1 Å². The summed E-state index contributed by atoms with van der Waals surface area (Å²) in [7, 11) is 0. The van der Waals surface area contributed by atoms with Crippen molar-refractivity contribution in [1.29, 1.82) is 0 Å². The van der Waals surface area contributed by atoms with Crippen LogP contribution in [-0.4, -0.2) is 39.5 Å². The summed E-state index contributed by atoms with van der Waals surface area (Å²) in [6.07, 6.45) is 13.5. The molecule has 9 heterocycles. The first kappa shape index (κ1) is 31.2. The van der Waals surface area contributed by atoms with E-state index < -0.39 is 0 Å². The molecule has 7 aromatic heterocycles. The van der Waals surface area contributed by atoms with Crippen molar-refractivity contribution < 1.29 is 0 Å². The van der Waals surface area contributed by atoms with Crippen molar-refractivity contribution in [3.8, 4) is 39.5 Å². The molecule has 0 amide bonds. The summed E-state index contributed by atoms with van der Waals surface area (Å²) < 4.78 is 2.22. The molecule has 0 atom stereocenters. The zero-order valence-corrected chi connectivity index (χ0v) is 28.9. The fourth-order valence-corrected chi connectivity index (χ4v) is 7.24. The monoisotopic (exact) mass is 694 g/mol. The van der Waals surface area contributed by atoms with Crippen LogP contribution in [-0.2, 0) is 0 Å². The fraction of sp³-hybridized carbons (Fsp3) is 0. The number of rotatable bonds is 5. The van der Waals surface area contributed by atoms with Gasteiger partial charge in [-0.3, -0.25) is 19.5 Å². The van der Waals surface area contributed by atoms with Gasteiger partial charge in [-0.15, -0.1) is 0 Å². The van der Waals surface area contributed by atoms with Crippen LogP contribution < -0.4 is 0 Å². The van der Waals surface area contributed by atoms with Gasteiger partial charge in [-0.05, 0) is 103 Å². The summed E-state index contributed by atoms with van der Waals surface area (Å²) in [6, 6.07) is 44.8. The van der Waals surface area contributed by atoms with Crippen LogP contribution in [0.1, 0.15) is 28.5 Å². The molecule has 0 fully saturated rings. The Morgan fingerprint density at radius 3 is 1.70 bits per heavy atom. The van der Waals surface area contributed by atoms with E-state index in [4.69, 9.17) is 29.9 Å². The fourth-order valence-electron chi connectivity index (χ4n) is 7.24. The maximum atomic E-state index is 5.45. The molecule has 0 aliphatic carbocycles. The second-order valence-corrected chi connectivity index (χ2v) is 12.9. The molecule has 10 rings (SSSR count). The van der Waals surface area contributed by atoms with Crippen molar-refractivity contribution in [1.82, 2.24) is 39.5 Å². The van der Waals surface area contributed by atoms with Crippen LogP contribution in [0.4, 0.5) is 0 Å². The second kappa shape index (κ2) is 13.2. The molecule has 0 saturated heterocycles. The lowest BCUT2D eigenvalue weighted by atomic mass is 9.95. The van der Waals surface area contributed by atoms with Gasteiger partial charge in [-0.25, -0.2) is 15.0 Å². The van der Waals surface area contributed by atoms with Crippen LogP contribution in [0, 0.1) is 0 Å². The van der Waals surface area contributed by atoms with Crippen LogP contribution >= 0.6 is 0 Å². The van der Waals surface area contributed by atoms with Gasteiger partial charge in [0, 0.05) is 52.5 Å². The standard InChI is InChI=1S/C46H30N8/c1-2-12-30(13-3-1)42-40-29-34-21-20-32(52-34)26-31-18-19-33(51-31)27-35-28-36(37-14-4-8-22-47-37)45(53-35)44(39-16-6-10-24-49-39)46(43(42)38-15-5-9-23-48-38)54(40)41-17-7-11-25-50-41/h1-29,51H. The Kier molecular flexibility index (Phi) is 7.62. The van der Waals surface area contributed by atoms with Gasteiger partial charge < -0.3 is 4.98 Å². The minimum Gasteiger partial charge on any atom is -0.355 e. The van der Waals surface area contributed by atoms with E-state index in [9.17, 15) is 0 Å². The third kappa shape index (κ3) is 5.59. The highest BCUT2D eigenvalue weighted by molar-refractivity contribution is 6.11. The highest BCUT2D eigenvalue weighted by atomic mass is 15.1. The lowest BCUT2D eigenvalue weighted by Crippen LogP contribution is -2.01. The third-order valence-corrected chi connectivity index (χ3v) is 9.50. The van der Waals surface area contributed by atoms with Gasteiger partial charge in [-0.1, -0.05) is 54.6 Å². The van der Waals surface area contributed by atoms with E-state index in [-0.39, 0.29) is 0 Å². The van der Waals surface area contributed by atoms with Gasteiger partial charge in [0.25, 0.3) is 0 Å². The van der Waals surface area contributed by atoms with Crippen LogP contribution in [0.2, 0.25) is 0 Å². The van der Waals surface area contributed by atoms with E-state index in [1.807, 2.05) is 104 Å². The second-order valence-electron chi connectivity index (χ2n) is 12.9. The number of nitrogens with one attached hydrogen (secondary N) is 1. The van der Waals surface area contributed by atoms with Crippen molar-refractivity contribution >= 4 is 45.9 Å². The quantitative estimate of drug-likeness (QED) is 0.193. The maximum Gasteiger partial charge on any atom is 0.137 e. The van der Waals surface area contributed by atoms with Crippen molar-refractivity contribution in [2.75, 3.05) is 0 Å². The predicted octanol–water partition coefficient (Wildman–Crippen LogP) is 10.1. The highest BCUT2D eigenvalue weighted by Crippen LogP contribution is 2.47. The summed E-state index contributed by atoms with van der Waals surface area (Å²) in [5.41, 5.74) is 13.7. The SMILES string of the molecule is C1=Cc2cc3c(-c4ccccc4)c(-c4ccccn4)c(c(-c4ccccn4)c4nc(cc5ccc(cc1n2)[nH]5)C=C4c1ccccn1)n3-c1ccccn1.